The Morgan fingerprint density at radius 1 is 0.826 bits per heavy atom. The Balaban J connectivity index is 5.88. The van der Waals surface area contributed by atoms with E-state index >= 15 is 0 Å². The minimum Gasteiger partial charge on any atom is -0.478 e. The molecule has 0 rings (SSSR count). The first kappa shape index (κ1) is 21.4. The zero-order valence-corrected chi connectivity index (χ0v) is 10.6. The quantitative estimate of drug-likeness (QED) is 0.553. The maximum Gasteiger partial charge on any atom is 0.438 e. The number of halogens is 11. The largest absolute Gasteiger partial charge is 0.478 e. The highest BCUT2D eigenvalue weighted by Crippen LogP contribution is 2.59. The van der Waals surface area contributed by atoms with Gasteiger partial charge in [0.2, 0.25) is 0 Å². The molecule has 0 saturated heterocycles. The van der Waals surface area contributed by atoms with Crippen molar-refractivity contribution in [2.24, 2.45) is 0 Å². The van der Waals surface area contributed by atoms with Crippen molar-refractivity contribution in [3.8, 4) is 0 Å². The molecule has 0 spiro atoms. The SMILES string of the molecule is C=C(CCC(F)(F)C(F)(F)C(F)(C(F)(F)F)C(F)(F)F)C(=O)O. The number of hydrogen-bond donors (Lipinski definition) is 1. The fraction of sp³-hybridized carbons (Fsp3) is 0.700. The molecule has 0 aliphatic rings. The van der Waals surface area contributed by atoms with Crippen LogP contribution in [-0.4, -0.2) is 40.9 Å². The molecular weight excluding hydrogens is 361 g/mol. The predicted molar refractivity (Wildman–Crippen MR) is 51.9 cm³/mol. The number of carboxylic acids is 1. The third-order valence-corrected chi connectivity index (χ3v) is 2.72. The van der Waals surface area contributed by atoms with Gasteiger partial charge in [-0.15, -0.1) is 0 Å². The Morgan fingerprint density at radius 3 is 1.43 bits per heavy atom. The van der Waals surface area contributed by atoms with Crippen LogP contribution in [0.5, 0.6) is 0 Å². The minimum atomic E-state index is -7.53. The third-order valence-electron chi connectivity index (χ3n) is 2.72. The van der Waals surface area contributed by atoms with Crippen molar-refractivity contribution in [2.75, 3.05) is 0 Å². The van der Waals surface area contributed by atoms with Gasteiger partial charge in [0, 0.05) is 12.0 Å². The van der Waals surface area contributed by atoms with E-state index in [1.165, 1.54) is 0 Å². The van der Waals surface area contributed by atoms with Crippen molar-refractivity contribution in [3.05, 3.63) is 12.2 Å². The van der Waals surface area contributed by atoms with Crippen molar-refractivity contribution >= 4 is 5.97 Å². The van der Waals surface area contributed by atoms with Crippen molar-refractivity contribution in [3.63, 3.8) is 0 Å². The fourth-order valence-electron chi connectivity index (χ4n) is 1.34. The lowest BCUT2D eigenvalue weighted by Gasteiger charge is -2.39. The number of aliphatic carboxylic acids is 1. The lowest BCUT2D eigenvalue weighted by atomic mass is 9.88. The second-order valence-electron chi connectivity index (χ2n) is 4.34. The number of alkyl halides is 11. The van der Waals surface area contributed by atoms with Crippen molar-refractivity contribution in [1.82, 2.24) is 0 Å². The van der Waals surface area contributed by atoms with Crippen molar-refractivity contribution in [1.29, 1.82) is 0 Å². The van der Waals surface area contributed by atoms with E-state index in [2.05, 4.69) is 6.58 Å². The summed E-state index contributed by atoms with van der Waals surface area (Å²) >= 11 is 0. The average Bonchev–Trinajstić information content (AvgIpc) is 2.31. The summed E-state index contributed by atoms with van der Waals surface area (Å²) in [6.45, 7) is 2.58. The molecule has 136 valence electrons. The van der Waals surface area contributed by atoms with Gasteiger partial charge < -0.3 is 5.11 Å². The highest BCUT2D eigenvalue weighted by molar-refractivity contribution is 5.85. The predicted octanol–water partition coefficient (Wildman–Crippen LogP) is 4.51. The standard InChI is InChI=1S/C10H7F11O2/c1-4(5(22)23)2-3-6(11,12)8(14,15)7(13,9(16,17)18)10(19,20)21/h1-3H2,(H,22,23). The molecule has 0 aliphatic carbocycles. The molecule has 0 aliphatic heterocycles. The molecule has 13 heteroatoms. The zero-order chi connectivity index (χ0) is 19.1. The van der Waals surface area contributed by atoms with Crippen LogP contribution in [0.2, 0.25) is 0 Å². The second kappa shape index (κ2) is 5.82. The van der Waals surface area contributed by atoms with E-state index in [9.17, 15) is 53.1 Å². The van der Waals surface area contributed by atoms with Gasteiger partial charge in [-0.3, -0.25) is 0 Å². The Labute approximate surface area is 120 Å². The lowest BCUT2D eigenvalue weighted by Crippen LogP contribution is -2.70. The first-order chi connectivity index (χ1) is 9.83. The van der Waals surface area contributed by atoms with Crippen LogP contribution in [0.4, 0.5) is 48.3 Å². The summed E-state index contributed by atoms with van der Waals surface area (Å²) in [4.78, 5) is 10.2. The van der Waals surface area contributed by atoms with E-state index in [-0.39, 0.29) is 0 Å². The Kier molecular flexibility index (Phi) is 5.42. The minimum absolute atomic E-state index is 1.19. The molecule has 0 heterocycles. The average molecular weight is 368 g/mol. The van der Waals surface area contributed by atoms with Crippen LogP contribution in [0.15, 0.2) is 12.2 Å². The molecule has 0 aromatic rings. The van der Waals surface area contributed by atoms with E-state index in [1.807, 2.05) is 0 Å². The van der Waals surface area contributed by atoms with Gasteiger partial charge in [-0.05, 0) is 6.42 Å². The summed E-state index contributed by atoms with van der Waals surface area (Å²) in [5, 5.41) is 8.23. The van der Waals surface area contributed by atoms with E-state index in [0.29, 0.717) is 0 Å². The number of rotatable bonds is 6. The van der Waals surface area contributed by atoms with Crippen LogP contribution in [0, 0.1) is 0 Å². The van der Waals surface area contributed by atoms with Crippen LogP contribution < -0.4 is 0 Å². The molecule has 0 aromatic heterocycles. The monoisotopic (exact) mass is 368 g/mol. The molecule has 0 atom stereocenters. The molecule has 0 radical (unpaired) electrons. The van der Waals surface area contributed by atoms with E-state index < -0.39 is 54.3 Å². The van der Waals surface area contributed by atoms with Gasteiger partial charge in [-0.2, -0.15) is 43.9 Å². The summed E-state index contributed by atoms with van der Waals surface area (Å²) in [6.07, 6.45) is -18.9. The maximum atomic E-state index is 13.2. The van der Waals surface area contributed by atoms with Crippen LogP contribution >= 0.6 is 0 Å². The van der Waals surface area contributed by atoms with E-state index in [1.54, 1.807) is 0 Å². The maximum absolute atomic E-state index is 13.2. The third kappa shape index (κ3) is 3.52. The second-order valence-corrected chi connectivity index (χ2v) is 4.34. The summed E-state index contributed by atoms with van der Waals surface area (Å²) in [5.74, 6) is -15.4. The first-order valence-electron chi connectivity index (χ1n) is 5.32. The molecule has 1 N–H and O–H groups in total. The topological polar surface area (TPSA) is 37.3 Å². The fourth-order valence-corrected chi connectivity index (χ4v) is 1.34. The molecule has 2 nitrogen and oxygen atoms in total. The van der Waals surface area contributed by atoms with Crippen LogP contribution in [0.1, 0.15) is 12.8 Å². The van der Waals surface area contributed by atoms with E-state index in [0.717, 1.165) is 0 Å². The number of hydrogen-bond acceptors (Lipinski definition) is 1. The van der Waals surface area contributed by atoms with Gasteiger partial charge in [0.1, 0.15) is 0 Å². The molecule has 0 amide bonds. The van der Waals surface area contributed by atoms with Crippen molar-refractivity contribution in [2.45, 2.75) is 42.7 Å². The van der Waals surface area contributed by atoms with Crippen LogP contribution in [0.25, 0.3) is 0 Å². The van der Waals surface area contributed by atoms with Gasteiger partial charge in [0.15, 0.2) is 0 Å². The van der Waals surface area contributed by atoms with Crippen LogP contribution in [0.3, 0.4) is 0 Å². The molecule has 0 bridgehead atoms. The Morgan fingerprint density at radius 2 is 1.17 bits per heavy atom. The Bertz CT molecular complexity index is 460. The molecule has 0 unspecified atom stereocenters. The normalized spacial score (nSPS) is 14.7. The van der Waals surface area contributed by atoms with Gasteiger partial charge >= 0.3 is 35.8 Å². The summed E-state index contributed by atoms with van der Waals surface area (Å²) in [7, 11) is 0. The summed E-state index contributed by atoms with van der Waals surface area (Å²) < 4.78 is 139. The van der Waals surface area contributed by atoms with Gasteiger partial charge in [-0.25, -0.2) is 9.18 Å². The lowest BCUT2D eigenvalue weighted by molar-refractivity contribution is -0.426. The number of carboxylic acid groups (broad SMARTS) is 1. The van der Waals surface area contributed by atoms with Crippen molar-refractivity contribution < 1.29 is 58.2 Å². The van der Waals surface area contributed by atoms with Gasteiger partial charge in [0.05, 0.1) is 0 Å². The molecule has 0 fully saturated rings. The Hall–Kier alpha value is -1.56. The molecule has 23 heavy (non-hydrogen) atoms. The summed E-state index contributed by atoms with van der Waals surface area (Å²) in [5.41, 5.74) is -8.72. The highest BCUT2D eigenvalue weighted by Gasteiger charge is 2.89. The van der Waals surface area contributed by atoms with E-state index in [4.69, 9.17) is 5.11 Å². The van der Waals surface area contributed by atoms with Crippen LogP contribution in [-0.2, 0) is 4.79 Å². The molecule has 0 saturated carbocycles. The van der Waals surface area contributed by atoms with Gasteiger partial charge in [0.25, 0.3) is 0 Å². The number of carbonyl (C=O) groups is 1. The van der Waals surface area contributed by atoms with Gasteiger partial charge in [-0.1, -0.05) is 6.58 Å². The molecule has 0 aromatic carbocycles. The first-order valence-corrected chi connectivity index (χ1v) is 5.32. The summed E-state index contributed by atoms with van der Waals surface area (Å²) in [6, 6.07) is 0. The zero-order valence-electron chi connectivity index (χ0n) is 10.6. The highest BCUT2D eigenvalue weighted by atomic mass is 19.4. The molecular formula is C10H7F11O2. The smallest absolute Gasteiger partial charge is 0.438 e.